The number of benzene rings is 2. The number of carbonyl (C=O) groups excluding carboxylic acids is 1. The van der Waals surface area contributed by atoms with Crippen molar-refractivity contribution in [2.75, 3.05) is 0 Å². The Morgan fingerprint density at radius 3 is 2.59 bits per heavy atom. The highest BCUT2D eigenvalue weighted by atomic mass is 35.5. The van der Waals surface area contributed by atoms with Crippen LogP contribution >= 0.6 is 23.4 Å². The molecule has 1 unspecified atom stereocenters. The number of rotatable bonds is 5. The second-order valence-corrected chi connectivity index (χ2v) is 9.72. The van der Waals surface area contributed by atoms with E-state index in [1.165, 1.54) is 16.3 Å². The van der Waals surface area contributed by atoms with Gasteiger partial charge in [0.05, 0.1) is 32.9 Å². The third kappa shape index (κ3) is 4.38. The average Bonchev–Trinajstić information content (AvgIpc) is 2.81. The van der Waals surface area contributed by atoms with Crippen molar-refractivity contribution in [2.24, 2.45) is 0 Å². The predicted octanol–water partition coefficient (Wildman–Crippen LogP) is 4.86. The summed E-state index contributed by atoms with van der Waals surface area (Å²) < 4.78 is 1.46. The van der Waals surface area contributed by atoms with Crippen LogP contribution in [0.5, 0.6) is 0 Å². The molecule has 0 radical (unpaired) electrons. The maximum absolute atomic E-state index is 13.4. The molecule has 3 aromatic rings. The van der Waals surface area contributed by atoms with Crippen LogP contribution in [0.4, 0.5) is 0 Å². The van der Waals surface area contributed by atoms with Crippen molar-refractivity contribution in [1.29, 1.82) is 5.26 Å². The first-order valence-corrected chi connectivity index (χ1v) is 11.9. The molecule has 1 N–H and O–H groups in total. The molecule has 1 saturated carbocycles. The number of aromatic nitrogens is 2. The first kappa shape index (κ1) is 22.4. The molecule has 0 spiro atoms. The lowest BCUT2D eigenvalue weighted by Crippen LogP contribution is -2.51. The summed E-state index contributed by atoms with van der Waals surface area (Å²) in [5.74, 6) is -0.244. The first-order chi connectivity index (χ1) is 15.4. The molecule has 2 aromatic carbocycles. The van der Waals surface area contributed by atoms with Gasteiger partial charge in [-0.3, -0.25) is 14.2 Å². The molecule has 6 nitrogen and oxygen atoms in total. The van der Waals surface area contributed by atoms with E-state index >= 15 is 0 Å². The standard InChI is InChI=1S/C24H23ClN4O2S/c1-16(21(30)28-24(15-26)13-7-2-8-14-24)32-23-27-19-11-5-3-9-17(19)22(31)29(23)20-12-6-4-10-18(20)25/h3-6,9-12,16H,2,7-8,13-14H2,1H3,(H,28,30). The molecule has 1 amide bonds. The fourth-order valence-corrected chi connectivity index (χ4v) is 5.15. The van der Waals surface area contributed by atoms with E-state index in [1.54, 1.807) is 49.4 Å². The van der Waals surface area contributed by atoms with Crippen LogP contribution in [-0.4, -0.2) is 26.2 Å². The third-order valence-corrected chi connectivity index (χ3v) is 7.15. The van der Waals surface area contributed by atoms with Crippen molar-refractivity contribution in [2.45, 2.75) is 55.0 Å². The molecule has 1 fully saturated rings. The fraction of sp³-hybridized carbons (Fsp3) is 0.333. The number of nitrogens with one attached hydrogen (secondary N) is 1. The number of hydrogen-bond acceptors (Lipinski definition) is 5. The van der Waals surface area contributed by atoms with Gasteiger partial charge in [0.25, 0.3) is 5.56 Å². The van der Waals surface area contributed by atoms with Crippen LogP contribution in [0.3, 0.4) is 0 Å². The van der Waals surface area contributed by atoms with Crippen LogP contribution in [-0.2, 0) is 4.79 Å². The maximum Gasteiger partial charge on any atom is 0.266 e. The SMILES string of the molecule is CC(Sc1nc2ccccc2c(=O)n1-c1ccccc1Cl)C(=O)NC1(C#N)CCCCC1. The van der Waals surface area contributed by atoms with Crippen molar-refractivity contribution in [1.82, 2.24) is 14.9 Å². The number of para-hydroxylation sites is 2. The molecule has 0 saturated heterocycles. The lowest BCUT2D eigenvalue weighted by molar-refractivity contribution is -0.121. The minimum atomic E-state index is -0.816. The van der Waals surface area contributed by atoms with Crippen molar-refractivity contribution >= 4 is 40.2 Å². The number of halogens is 1. The minimum Gasteiger partial charge on any atom is -0.337 e. The number of nitriles is 1. The van der Waals surface area contributed by atoms with Gasteiger partial charge < -0.3 is 5.32 Å². The van der Waals surface area contributed by atoms with Gasteiger partial charge in [-0.25, -0.2) is 4.98 Å². The lowest BCUT2D eigenvalue weighted by Gasteiger charge is -2.32. The number of amides is 1. The number of thioether (sulfide) groups is 1. The minimum absolute atomic E-state index is 0.244. The Hall–Kier alpha value is -2.82. The van der Waals surface area contributed by atoms with Crippen molar-refractivity contribution in [3.63, 3.8) is 0 Å². The maximum atomic E-state index is 13.4. The second kappa shape index (κ2) is 9.35. The Morgan fingerprint density at radius 2 is 1.88 bits per heavy atom. The summed E-state index contributed by atoms with van der Waals surface area (Å²) in [5.41, 5.74) is -0.00631. The molecule has 1 heterocycles. The van der Waals surface area contributed by atoms with E-state index < -0.39 is 10.8 Å². The van der Waals surface area contributed by atoms with E-state index in [0.29, 0.717) is 39.6 Å². The smallest absolute Gasteiger partial charge is 0.266 e. The zero-order valence-corrected chi connectivity index (χ0v) is 19.2. The van der Waals surface area contributed by atoms with Crippen LogP contribution in [0.1, 0.15) is 39.0 Å². The molecule has 1 atom stereocenters. The molecular weight excluding hydrogens is 444 g/mol. The highest BCUT2D eigenvalue weighted by Gasteiger charge is 2.35. The predicted molar refractivity (Wildman–Crippen MR) is 127 cm³/mol. The Kier molecular flexibility index (Phi) is 6.54. The summed E-state index contributed by atoms with van der Waals surface area (Å²) in [5, 5.41) is 13.4. The Morgan fingerprint density at radius 1 is 1.19 bits per heavy atom. The van der Waals surface area contributed by atoms with E-state index in [1.807, 2.05) is 6.07 Å². The van der Waals surface area contributed by atoms with Gasteiger partial charge in [0.2, 0.25) is 5.91 Å². The van der Waals surface area contributed by atoms with Gasteiger partial charge in [0.1, 0.15) is 5.54 Å². The van der Waals surface area contributed by atoms with E-state index in [9.17, 15) is 14.9 Å². The summed E-state index contributed by atoms with van der Waals surface area (Å²) in [4.78, 5) is 31.1. The number of hydrogen-bond donors (Lipinski definition) is 1. The van der Waals surface area contributed by atoms with Crippen LogP contribution in [0.25, 0.3) is 16.6 Å². The summed E-state index contributed by atoms with van der Waals surface area (Å²) in [7, 11) is 0. The van der Waals surface area contributed by atoms with Gasteiger partial charge in [-0.1, -0.05) is 66.9 Å². The topological polar surface area (TPSA) is 87.8 Å². The van der Waals surface area contributed by atoms with Crippen LogP contribution in [0, 0.1) is 11.3 Å². The molecule has 0 aliphatic heterocycles. The normalized spacial score (nSPS) is 16.3. The Balaban J connectivity index is 1.71. The number of nitrogens with zero attached hydrogens (tertiary/aromatic N) is 3. The molecule has 4 rings (SSSR count). The lowest BCUT2D eigenvalue weighted by atomic mass is 9.83. The molecule has 1 aromatic heterocycles. The molecule has 8 heteroatoms. The van der Waals surface area contributed by atoms with Gasteiger partial charge >= 0.3 is 0 Å². The van der Waals surface area contributed by atoms with Crippen molar-refractivity contribution in [3.05, 3.63) is 63.9 Å². The molecule has 0 bridgehead atoms. The zero-order chi connectivity index (χ0) is 22.7. The van der Waals surface area contributed by atoms with E-state index in [2.05, 4.69) is 16.4 Å². The monoisotopic (exact) mass is 466 g/mol. The molecular formula is C24H23ClN4O2S. The van der Waals surface area contributed by atoms with E-state index in [4.69, 9.17) is 11.6 Å². The van der Waals surface area contributed by atoms with Crippen molar-refractivity contribution < 1.29 is 4.79 Å². The molecule has 1 aliphatic carbocycles. The molecule has 164 valence electrons. The first-order valence-electron chi connectivity index (χ1n) is 10.6. The van der Waals surface area contributed by atoms with Gasteiger partial charge in [0, 0.05) is 0 Å². The van der Waals surface area contributed by atoms with Crippen LogP contribution < -0.4 is 10.9 Å². The van der Waals surface area contributed by atoms with Gasteiger partial charge in [-0.2, -0.15) is 5.26 Å². The van der Waals surface area contributed by atoms with Gasteiger partial charge in [0.15, 0.2) is 5.16 Å². The van der Waals surface area contributed by atoms with Gasteiger partial charge in [-0.15, -0.1) is 0 Å². The quantitative estimate of drug-likeness (QED) is 0.428. The summed E-state index contributed by atoms with van der Waals surface area (Å²) in [6.07, 6.45) is 4.24. The zero-order valence-electron chi connectivity index (χ0n) is 17.7. The Bertz CT molecular complexity index is 1260. The molecule has 1 aliphatic rings. The Labute approximate surface area is 195 Å². The highest BCUT2D eigenvalue weighted by molar-refractivity contribution is 8.00. The highest BCUT2D eigenvalue weighted by Crippen LogP contribution is 2.31. The van der Waals surface area contributed by atoms with Crippen molar-refractivity contribution in [3.8, 4) is 11.8 Å². The van der Waals surface area contributed by atoms with Crippen LogP contribution in [0.15, 0.2) is 58.5 Å². The third-order valence-electron chi connectivity index (χ3n) is 5.77. The molecule has 32 heavy (non-hydrogen) atoms. The summed E-state index contributed by atoms with van der Waals surface area (Å²) in [6.45, 7) is 1.76. The van der Waals surface area contributed by atoms with E-state index in [0.717, 1.165) is 19.3 Å². The van der Waals surface area contributed by atoms with Gasteiger partial charge in [-0.05, 0) is 44.0 Å². The number of carbonyl (C=O) groups is 1. The number of fused-ring (bicyclic) bond motifs is 1. The summed E-state index contributed by atoms with van der Waals surface area (Å²) >= 11 is 7.59. The van der Waals surface area contributed by atoms with Crippen LogP contribution in [0.2, 0.25) is 5.02 Å². The van der Waals surface area contributed by atoms with E-state index in [-0.39, 0.29) is 11.5 Å². The fourth-order valence-electron chi connectivity index (χ4n) is 4.01. The average molecular weight is 467 g/mol. The second-order valence-electron chi connectivity index (χ2n) is 8.01. The largest absolute Gasteiger partial charge is 0.337 e. The summed E-state index contributed by atoms with van der Waals surface area (Å²) in [6, 6.07) is 16.5.